The molecular weight excluding hydrogens is 779 g/mol. The van der Waals surface area contributed by atoms with Crippen molar-refractivity contribution >= 4 is 49.4 Å². The quantitative estimate of drug-likeness (QED) is 0.168. The van der Waals surface area contributed by atoms with Crippen molar-refractivity contribution < 1.29 is 0 Å². The van der Waals surface area contributed by atoms with Crippen LogP contribution in [0.1, 0.15) is 35.0 Å². The van der Waals surface area contributed by atoms with E-state index >= 15 is 0 Å². The van der Waals surface area contributed by atoms with Crippen molar-refractivity contribution in [2.75, 3.05) is 0 Å². The molecule has 3 unspecified atom stereocenters. The van der Waals surface area contributed by atoms with Gasteiger partial charge in [-0.05, 0) is 83.9 Å². The molecule has 0 amide bonds. The Balaban J connectivity index is 0.905. The lowest BCUT2D eigenvalue weighted by Crippen LogP contribution is -2.40. The fourth-order valence-electron chi connectivity index (χ4n) is 10.8. The van der Waals surface area contributed by atoms with Gasteiger partial charge in [-0.3, -0.25) is 14.4 Å². The molecule has 3 aliphatic rings. The van der Waals surface area contributed by atoms with E-state index in [1.807, 2.05) is 12.4 Å². The van der Waals surface area contributed by atoms with Gasteiger partial charge in [0.05, 0.1) is 28.8 Å². The van der Waals surface area contributed by atoms with Crippen LogP contribution in [0.25, 0.3) is 71.8 Å². The van der Waals surface area contributed by atoms with Gasteiger partial charge in [-0.2, -0.15) is 0 Å². The van der Waals surface area contributed by atoms with Crippen molar-refractivity contribution in [1.29, 1.82) is 0 Å². The number of hydrogen-bond acceptors (Lipinski definition) is 3. The summed E-state index contributed by atoms with van der Waals surface area (Å²) in [4.78, 5) is 15.0. The molecule has 0 spiro atoms. The molecule has 302 valence electrons. The lowest BCUT2D eigenvalue weighted by atomic mass is 9.72. The number of allylic oxidation sites excluding steroid dienone is 8. The van der Waals surface area contributed by atoms with Crippen molar-refractivity contribution in [3.63, 3.8) is 0 Å². The highest BCUT2D eigenvalue weighted by molar-refractivity contribution is 5.97. The Kier molecular flexibility index (Phi) is 8.41. The number of nitrogens with zero attached hydrogens (tertiary/aromatic N) is 5. The first-order valence-electron chi connectivity index (χ1n) is 22.2. The maximum Gasteiger partial charge on any atom is 0.163 e. The van der Waals surface area contributed by atoms with Crippen LogP contribution in [0.3, 0.4) is 0 Å². The minimum atomic E-state index is 0.0927. The monoisotopic (exact) mass is 819 g/mol. The number of hydrogen-bond donors (Lipinski definition) is 0. The molecule has 0 saturated carbocycles. The van der Waals surface area contributed by atoms with Crippen LogP contribution in [0, 0.1) is 11.8 Å². The Bertz CT molecular complexity index is 3770. The molecule has 13 rings (SSSR count). The summed E-state index contributed by atoms with van der Waals surface area (Å²) in [5.74, 6) is 0.503. The topological polar surface area (TPSA) is 47.5 Å². The molecule has 4 heterocycles. The van der Waals surface area contributed by atoms with Crippen molar-refractivity contribution in [3.05, 3.63) is 252 Å². The highest BCUT2D eigenvalue weighted by Gasteiger charge is 2.34. The lowest BCUT2D eigenvalue weighted by molar-refractivity contribution is 0.679. The predicted octanol–water partition coefficient (Wildman–Crippen LogP) is 11.9. The molecule has 0 bridgehead atoms. The molecule has 0 fully saturated rings. The second kappa shape index (κ2) is 14.7. The van der Waals surface area contributed by atoms with E-state index < -0.39 is 0 Å². The van der Waals surface area contributed by atoms with Crippen molar-refractivity contribution in [2.45, 2.75) is 12.3 Å². The summed E-state index contributed by atoms with van der Waals surface area (Å²) >= 11 is 0. The molecule has 5 nitrogen and oxygen atoms in total. The standard InChI is InChI=1S/C59H41N5/c1-3-15-44-38(11-1)13-9-21-46(44)40-23-27-42(28-24-40)57-53-32-31-52(63(53)35-33-60-57)55-48-17-5-7-19-50(48)56(51-20-8-6-18-49(51)55)54-37-62-59-58(61-34-36-64(54)59)43-29-25-41(26-30-43)47-22-10-14-39-12-2-4-16-45(39)47/h1-25,27-37,41,48,50H,26H2. The Morgan fingerprint density at radius 1 is 0.500 bits per heavy atom. The zero-order chi connectivity index (χ0) is 42.1. The molecule has 10 aromatic rings. The third-order valence-corrected chi connectivity index (χ3v) is 13.7. The fraction of sp³-hybridized carbons (Fsp3) is 0.0678. The van der Waals surface area contributed by atoms with E-state index in [2.05, 4.69) is 216 Å². The summed E-state index contributed by atoms with van der Waals surface area (Å²) in [5.41, 5.74) is 14.7. The molecule has 3 atom stereocenters. The van der Waals surface area contributed by atoms with Crippen LogP contribution in [0.5, 0.6) is 0 Å². The van der Waals surface area contributed by atoms with Crippen LogP contribution in [0.2, 0.25) is 0 Å². The van der Waals surface area contributed by atoms with Crippen molar-refractivity contribution in [2.24, 2.45) is 11.8 Å². The predicted molar refractivity (Wildman–Crippen MR) is 261 cm³/mol. The lowest BCUT2D eigenvalue weighted by Gasteiger charge is -2.32. The van der Waals surface area contributed by atoms with Gasteiger partial charge in [0, 0.05) is 48.1 Å². The second-order valence-electron chi connectivity index (χ2n) is 17.1. The van der Waals surface area contributed by atoms with E-state index in [-0.39, 0.29) is 11.8 Å². The summed E-state index contributed by atoms with van der Waals surface area (Å²) in [6.07, 6.45) is 27.1. The van der Waals surface area contributed by atoms with Gasteiger partial charge in [-0.1, -0.05) is 176 Å². The van der Waals surface area contributed by atoms with Crippen molar-refractivity contribution in [1.82, 2.24) is 23.8 Å². The Hall–Kier alpha value is -8.15. The zero-order valence-electron chi connectivity index (χ0n) is 35.0. The molecule has 0 saturated heterocycles. The molecular formula is C59H41N5. The molecule has 4 aromatic heterocycles. The normalized spacial score (nSPS) is 17.9. The first-order chi connectivity index (χ1) is 31.8. The molecule has 64 heavy (non-hydrogen) atoms. The van der Waals surface area contributed by atoms with Crippen LogP contribution in [0.15, 0.2) is 219 Å². The fourth-order valence-corrected chi connectivity index (χ4v) is 10.8. The highest BCUT2D eigenvalue weighted by Crippen LogP contribution is 2.42. The smallest absolute Gasteiger partial charge is 0.163 e. The van der Waals surface area contributed by atoms with Gasteiger partial charge in [0.2, 0.25) is 0 Å². The molecule has 5 heteroatoms. The molecule has 0 radical (unpaired) electrons. The SMILES string of the molecule is C1=CC2C(c3ccc4c(-c5ccc(-c6cccc7ccccc67)cc5)nccn34)=c3ccccc3=C(c3cnc4c(C5=CCC(c6cccc7ccccc67)C=C5)nccn34)C2C=C1. The first kappa shape index (κ1) is 36.5. The Labute approximate surface area is 370 Å². The van der Waals surface area contributed by atoms with E-state index in [0.717, 1.165) is 45.8 Å². The summed E-state index contributed by atoms with van der Waals surface area (Å²) in [6, 6.07) is 52.7. The average molecular weight is 820 g/mol. The zero-order valence-corrected chi connectivity index (χ0v) is 35.0. The van der Waals surface area contributed by atoms with Gasteiger partial charge < -0.3 is 4.40 Å². The Morgan fingerprint density at radius 3 is 1.91 bits per heavy atom. The molecule has 0 N–H and O–H groups in total. The number of benzene rings is 6. The van der Waals surface area contributed by atoms with Crippen LogP contribution in [0.4, 0.5) is 0 Å². The summed E-state index contributed by atoms with van der Waals surface area (Å²) in [6.45, 7) is 0. The number of fused-ring (bicyclic) bond motifs is 6. The van der Waals surface area contributed by atoms with E-state index in [9.17, 15) is 0 Å². The van der Waals surface area contributed by atoms with Gasteiger partial charge in [-0.15, -0.1) is 0 Å². The van der Waals surface area contributed by atoms with Gasteiger partial charge in [0.1, 0.15) is 5.69 Å². The Morgan fingerprint density at radius 2 is 1.14 bits per heavy atom. The van der Waals surface area contributed by atoms with Gasteiger partial charge in [0.15, 0.2) is 5.65 Å². The largest absolute Gasteiger partial charge is 0.313 e. The van der Waals surface area contributed by atoms with Crippen molar-refractivity contribution in [3.8, 4) is 22.4 Å². The third kappa shape index (κ3) is 5.74. The van der Waals surface area contributed by atoms with Crippen LogP contribution in [-0.2, 0) is 0 Å². The van der Waals surface area contributed by atoms with Gasteiger partial charge >= 0.3 is 0 Å². The van der Waals surface area contributed by atoms with E-state index in [1.54, 1.807) is 0 Å². The number of imidazole rings is 1. The molecule has 0 aliphatic heterocycles. The summed E-state index contributed by atoms with van der Waals surface area (Å²) < 4.78 is 4.59. The maximum atomic E-state index is 5.13. The van der Waals surface area contributed by atoms with Crippen LogP contribution in [-0.4, -0.2) is 23.8 Å². The summed E-state index contributed by atoms with van der Waals surface area (Å²) in [5, 5.41) is 7.56. The average Bonchev–Trinajstić information content (AvgIpc) is 4.00. The number of rotatable bonds is 6. The minimum Gasteiger partial charge on any atom is -0.313 e. The maximum absolute atomic E-state index is 5.13. The van der Waals surface area contributed by atoms with Crippen LogP contribution < -0.4 is 10.4 Å². The minimum absolute atomic E-state index is 0.0927. The van der Waals surface area contributed by atoms with Gasteiger partial charge in [-0.25, -0.2) is 4.98 Å². The highest BCUT2D eigenvalue weighted by atomic mass is 15.0. The second-order valence-corrected chi connectivity index (χ2v) is 17.1. The molecule has 3 aliphatic carbocycles. The third-order valence-electron chi connectivity index (χ3n) is 13.7. The van der Waals surface area contributed by atoms with Crippen LogP contribution >= 0.6 is 0 Å². The molecule has 6 aromatic carbocycles. The number of aromatic nitrogens is 5. The van der Waals surface area contributed by atoms with E-state index in [4.69, 9.17) is 15.0 Å². The summed E-state index contributed by atoms with van der Waals surface area (Å²) in [7, 11) is 0. The first-order valence-corrected chi connectivity index (χ1v) is 22.2. The van der Waals surface area contributed by atoms with E-state index in [0.29, 0.717) is 5.92 Å². The van der Waals surface area contributed by atoms with Gasteiger partial charge in [0.25, 0.3) is 0 Å². The van der Waals surface area contributed by atoms with E-state index in [1.165, 1.54) is 65.5 Å².